The lowest BCUT2D eigenvalue weighted by atomic mass is 9.95. The molecule has 32 heavy (non-hydrogen) atoms. The molecule has 1 unspecified atom stereocenters. The van der Waals surface area contributed by atoms with Gasteiger partial charge in [-0.15, -0.1) is 0 Å². The van der Waals surface area contributed by atoms with Crippen LogP contribution in [0.2, 0.25) is 0 Å². The number of hydrogen-bond donors (Lipinski definition) is 1. The highest BCUT2D eigenvalue weighted by atomic mass is 16.5. The lowest BCUT2D eigenvalue weighted by Crippen LogP contribution is -2.35. The lowest BCUT2D eigenvalue weighted by molar-refractivity contribution is -0.140. The summed E-state index contributed by atoms with van der Waals surface area (Å²) >= 11 is 0. The Morgan fingerprint density at radius 1 is 1.06 bits per heavy atom. The van der Waals surface area contributed by atoms with Crippen LogP contribution in [-0.4, -0.2) is 80.1 Å². The number of hydrogen-bond acceptors (Lipinski definition) is 8. The number of carbonyl (C=O) groups excluding carboxylic acids is 2. The Morgan fingerprint density at radius 3 is 2.16 bits per heavy atom. The number of amides is 1. The minimum atomic E-state index is -0.836. The van der Waals surface area contributed by atoms with Gasteiger partial charge >= 0.3 is 0 Å². The van der Waals surface area contributed by atoms with Crippen molar-refractivity contribution in [3.63, 3.8) is 0 Å². The summed E-state index contributed by atoms with van der Waals surface area (Å²) in [5, 5.41) is 11.0. The summed E-state index contributed by atoms with van der Waals surface area (Å²) in [7, 11) is 8.22. The molecular formula is C23H27N3O6. The molecule has 2 heterocycles. The molecule has 1 N–H and O–H groups in total. The van der Waals surface area contributed by atoms with Crippen molar-refractivity contribution in [2.45, 2.75) is 6.04 Å². The van der Waals surface area contributed by atoms with Gasteiger partial charge in [-0.2, -0.15) is 0 Å². The predicted molar refractivity (Wildman–Crippen MR) is 118 cm³/mol. The maximum Gasteiger partial charge on any atom is 0.295 e. The second-order valence-corrected chi connectivity index (χ2v) is 7.49. The Labute approximate surface area is 186 Å². The first-order valence-electron chi connectivity index (χ1n) is 9.97. The van der Waals surface area contributed by atoms with Crippen molar-refractivity contribution in [1.82, 2.24) is 14.8 Å². The average molecular weight is 441 g/mol. The summed E-state index contributed by atoms with van der Waals surface area (Å²) in [4.78, 5) is 33.4. The van der Waals surface area contributed by atoms with E-state index in [2.05, 4.69) is 4.98 Å². The van der Waals surface area contributed by atoms with Crippen LogP contribution in [0.5, 0.6) is 17.2 Å². The maximum absolute atomic E-state index is 13.1. The van der Waals surface area contributed by atoms with Crippen molar-refractivity contribution in [2.75, 3.05) is 48.5 Å². The molecule has 0 bridgehead atoms. The molecule has 1 saturated heterocycles. The van der Waals surface area contributed by atoms with Gasteiger partial charge in [0, 0.05) is 31.0 Å². The molecule has 9 heteroatoms. The molecule has 1 aromatic carbocycles. The highest BCUT2D eigenvalue weighted by molar-refractivity contribution is 6.46. The normalized spacial score (nSPS) is 17.7. The first-order valence-corrected chi connectivity index (χ1v) is 9.97. The van der Waals surface area contributed by atoms with Crippen molar-refractivity contribution in [1.29, 1.82) is 0 Å². The van der Waals surface area contributed by atoms with Gasteiger partial charge in [0.25, 0.3) is 11.7 Å². The second kappa shape index (κ2) is 9.69. The number of nitrogens with zero attached hydrogens (tertiary/aromatic N) is 3. The number of ketones is 1. The number of benzene rings is 1. The van der Waals surface area contributed by atoms with Crippen molar-refractivity contribution < 1.29 is 28.9 Å². The third-order valence-corrected chi connectivity index (χ3v) is 5.28. The van der Waals surface area contributed by atoms with Crippen LogP contribution in [0.15, 0.2) is 42.2 Å². The van der Waals surface area contributed by atoms with Crippen LogP contribution < -0.4 is 14.2 Å². The molecule has 1 atom stereocenters. The van der Waals surface area contributed by atoms with Crippen molar-refractivity contribution in [3.05, 3.63) is 53.4 Å². The van der Waals surface area contributed by atoms with Crippen LogP contribution in [0, 0.1) is 0 Å². The second-order valence-electron chi connectivity index (χ2n) is 7.49. The Balaban J connectivity index is 2.24. The standard InChI is InChI=1S/C23H27N3O6/c1-25(2)10-11-26-19(15-12-16(30-3)22(32-5)17(13-15)31-4)18(21(28)23(26)29)20(27)14-6-8-24-9-7-14/h6-9,12-13,19,27H,10-11H2,1-5H3/b20-18+. The van der Waals surface area contributed by atoms with Gasteiger partial charge in [0.15, 0.2) is 11.5 Å². The molecule has 0 spiro atoms. The zero-order valence-corrected chi connectivity index (χ0v) is 18.8. The monoisotopic (exact) mass is 441 g/mol. The fourth-order valence-corrected chi connectivity index (χ4v) is 3.69. The third kappa shape index (κ3) is 4.24. The fraction of sp³-hybridized carbons (Fsp3) is 0.348. The van der Waals surface area contributed by atoms with Gasteiger partial charge in [-0.05, 0) is 43.9 Å². The Hall–Kier alpha value is -3.59. The number of aliphatic hydroxyl groups is 1. The average Bonchev–Trinajstić information content (AvgIpc) is 3.06. The molecule has 1 fully saturated rings. The summed E-state index contributed by atoms with van der Waals surface area (Å²) in [5.74, 6) is -0.555. The molecule has 0 aliphatic carbocycles. The summed E-state index contributed by atoms with van der Waals surface area (Å²) in [6.45, 7) is 0.815. The van der Waals surface area contributed by atoms with Crippen LogP contribution in [0.1, 0.15) is 17.2 Å². The van der Waals surface area contributed by atoms with E-state index in [9.17, 15) is 14.7 Å². The largest absolute Gasteiger partial charge is 0.507 e. The molecule has 1 amide bonds. The SMILES string of the molecule is COc1cc(C2/C(=C(\O)c3ccncc3)C(=O)C(=O)N2CCN(C)C)cc(OC)c1OC. The molecule has 1 aliphatic heterocycles. The number of carbonyl (C=O) groups is 2. The quantitative estimate of drug-likeness (QED) is 0.378. The van der Waals surface area contributed by atoms with Gasteiger partial charge in [0.05, 0.1) is 32.9 Å². The highest BCUT2D eigenvalue weighted by Gasteiger charge is 2.46. The van der Waals surface area contributed by atoms with E-state index in [0.29, 0.717) is 34.9 Å². The topological polar surface area (TPSA) is 101 Å². The highest BCUT2D eigenvalue weighted by Crippen LogP contribution is 2.45. The Kier molecular flexibility index (Phi) is 6.99. The molecule has 0 radical (unpaired) electrons. The van der Waals surface area contributed by atoms with Crippen molar-refractivity contribution in [2.24, 2.45) is 0 Å². The Morgan fingerprint density at radius 2 is 1.66 bits per heavy atom. The number of likely N-dealkylation sites (N-methyl/N-ethyl adjacent to an activating group) is 1. The number of aromatic nitrogens is 1. The maximum atomic E-state index is 13.1. The molecule has 170 valence electrons. The van der Waals surface area contributed by atoms with E-state index in [1.54, 1.807) is 24.3 Å². The molecule has 0 saturated carbocycles. The zero-order chi connectivity index (χ0) is 23.4. The third-order valence-electron chi connectivity index (χ3n) is 5.28. The molecule has 1 aliphatic rings. The van der Waals surface area contributed by atoms with Crippen molar-refractivity contribution in [3.8, 4) is 17.2 Å². The molecule has 1 aromatic heterocycles. The van der Waals surface area contributed by atoms with Gasteiger partial charge in [-0.1, -0.05) is 0 Å². The number of likely N-dealkylation sites (tertiary alicyclic amines) is 1. The number of ether oxygens (including phenoxy) is 3. The number of aliphatic hydroxyl groups excluding tert-OH is 1. The zero-order valence-electron chi connectivity index (χ0n) is 18.8. The van der Waals surface area contributed by atoms with E-state index in [0.717, 1.165) is 0 Å². The summed E-state index contributed by atoms with van der Waals surface area (Å²) in [6.07, 6.45) is 3.01. The number of methoxy groups -OCH3 is 3. The van der Waals surface area contributed by atoms with E-state index in [1.807, 2.05) is 19.0 Å². The van der Waals surface area contributed by atoms with E-state index in [-0.39, 0.29) is 17.9 Å². The van der Waals surface area contributed by atoms with Crippen LogP contribution in [0.3, 0.4) is 0 Å². The summed E-state index contributed by atoms with van der Waals surface area (Å²) in [6, 6.07) is 5.68. The molecule has 3 rings (SSSR count). The van der Waals surface area contributed by atoms with Crippen LogP contribution in [-0.2, 0) is 9.59 Å². The van der Waals surface area contributed by atoms with E-state index >= 15 is 0 Å². The first-order chi connectivity index (χ1) is 15.3. The predicted octanol–water partition coefficient (Wildman–Crippen LogP) is 2.09. The minimum Gasteiger partial charge on any atom is -0.507 e. The van der Waals surface area contributed by atoms with Gasteiger partial charge in [0.1, 0.15) is 5.76 Å². The smallest absolute Gasteiger partial charge is 0.295 e. The molecule has 2 aromatic rings. The van der Waals surface area contributed by atoms with E-state index in [4.69, 9.17) is 14.2 Å². The van der Waals surface area contributed by atoms with Crippen LogP contribution in [0.25, 0.3) is 5.76 Å². The Bertz CT molecular complexity index is 1010. The van der Waals surface area contributed by atoms with Crippen molar-refractivity contribution >= 4 is 17.4 Å². The van der Waals surface area contributed by atoms with Crippen LogP contribution >= 0.6 is 0 Å². The van der Waals surface area contributed by atoms with E-state index in [1.165, 1.54) is 38.6 Å². The summed E-state index contributed by atoms with van der Waals surface area (Å²) < 4.78 is 16.3. The van der Waals surface area contributed by atoms with Gasteiger partial charge < -0.3 is 29.1 Å². The van der Waals surface area contributed by atoms with Gasteiger partial charge in [-0.25, -0.2) is 0 Å². The fourth-order valence-electron chi connectivity index (χ4n) is 3.69. The van der Waals surface area contributed by atoms with Gasteiger partial charge in [-0.3, -0.25) is 14.6 Å². The first kappa shape index (κ1) is 23.1. The van der Waals surface area contributed by atoms with Crippen LogP contribution in [0.4, 0.5) is 0 Å². The molecule has 9 nitrogen and oxygen atoms in total. The minimum absolute atomic E-state index is 0.00534. The lowest BCUT2D eigenvalue weighted by Gasteiger charge is -2.27. The molecular weight excluding hydrogens is 414 g/mol. The number of pyridine rings is 1. The van der Waals surface area contributed by atoms with E-state index < -0.39 is 17.7 Å². The number of rotatable bonds is 8. The summed E-state index contributed by atoms with van der Waals surface area (Å²) in [5.41, 5.74) is 0.936. The number of Topliss-reactive ketones (excluding diaryl/α,β-unsaturated/α-hetero) is 1. The van der Waals surface area contributed by atoms with Gasteiger partial charge in [0.2, 0.25) is 5.75 Å².